The molecule has 0 bridgehead atoms. The molecule has 0 spiro atoms. The summed E-state index contributed by atoms with van der Waals surface area (Å²) in [5.74, 6) is 0. The molecule has 0 radical (unpaired) electrons. The average molecular weight is 381 g/mol. The van der Waals surface area contributed by atoms with Gasteiger partial charge in [-0.25, -0.2) is 4.79 Å². The molecule has 14 heteroatoms. The second-order valence-electron chi connectivity index (χ2n) is 5.09. The summed E-state index contributed by atoms with van der Waals surface area (Å²) in [6.07, 6.45) is -7.28. The van der Waals surface area contributed by atoms with Gasteiger partial charge in [0, 0.05) is 17.2 Å². The molecule has 2 rings (SSSR count). The van der Waals surface area contributed by atoms with E-state index in [2.05, 4.69) is 14.8 Å². The molecule has 2 heterocycles. The minimum atomic E-state index is -4.84. The highest BCUT2D eigenvalue weighted by Gasteiger charge is 2.46. The fourth-order valence-electron chi connectivity index (χ4n) is 2.44. The van der Waals surface area contributed by atoms with Crippen LogP contribution in [0.3, 0.4) is 0 Å². The highest BCUT2D eigenvalue weighted by Crippen LogP contribution is 2.33. The van der Waals surface area contributed by atoms with Gasteiger partial charge in [0.05, 0.1) is 32.0 Å². The number of nitrogens with one attached hydrogen (secondary N) is 1. The number of rotatable bonds is 7. The summed E-state index contributed by atoms with van der Waals surface area (Å²) >= 11 is 0. The fraction of sp³-hybridized carbons (Fsp3) is 0.667. The highest BCUT2D eigenvalue weighted by atomic mass is 19.4. The molecule has 144 valence electrons. The van der Waals surface area contributed by atoms with Crippen LogP contribution in [0.4, 0.5) is 13.2 Å². The molecule has 1 aliphatic rings. The van der Waals surface area contributed by atoms with E-state index in [1.165, 1.54) is 0 Å². The number of aromatic amines is 1. The van der Waals surface area contributed by atoms with Crippen LogP contribution in [0.15, 0.2) is 27.0 Å². The Morgan fingerprint density at radius 3 is 2.73 bits per heavy atom. The number of hydrogen-bond acceptors (Lipinski definition) is 7. The van der Waals surface area contributed by atoms with E-state index < -0.39 is 61.9 Å². The maximum absolute atomic E-state index is 12.0. The van der Waals surface area contributed by atoms with Gasteiger partial charge in [-0.3, -0.25) is 19.1 Å². The van der Waals surface area contributed by atoms with Crippen LogP contribution in [0.2, 0.25) is 0 Å². The molecule has 1 aliphatic heterocycles. The standard InChI is InChI=1S/C12H14F3N5O6/c13-12(14,15)25-4-3-24-9-8(18-19-16)6(5-21)26-10(9)20-2-1-7(22)17-11(20)23/h1-2,6,8-10,21H,3-5H2,(H,17,22,23)/t6-,8-,9-,10-/m1/s1. The van der Waals surface area contributed by atoms with E-state index in [0.717, 1.165) is 16.8 Å². The van der Waals surface area contributed by atoms with Gasteiger partial charge < -0.3 is 14.6 Å². The lowest BCUT2D eigenvalue weighted by Crippen LogP contribution is -2.39. The van der Waals surface area contributed by atoms with E-state index in [9.17, 15) is 27.9 Å². The minimum Gasteiger partial charge on any atom is -0.394 e. The highest BCUT2D eigenvalue weighted by molar-refractivity contribution is 4.97. The molecule has 11 nitrogen and oxygen atoms in total. The van der Waals surface area contributed by atoms with Gasteiger partial charge in [0.15, 0.2) is 6.23 Å². The van der Waals surface area contributed by atoms with Gasteiger partial charge in [-0.15, -0.1) is 13.2 Å². The van der Waals surface area contributed by atoms with E-state index in [1.54, 1.807) is 0 Å². The summed E-state index contributed by atoms with van der Waals surface area (Å²) in [4.78, 5) is 27.7. The number of H-pyrrole nitrogens is 1. The quantitative estimate of drug-likeness (QED) is 0.294. The van der Waals surface area contributed by atoms with Crippen molar-refractivity contribution < 1.29 is 32.5 Å². The van der Waals surface area contributed by atoms with Gasteiger partial charge in [0.1, 0.15) is 6.10 Å². The molecule has 0 amide bonds. The predicted octanol–water partition coefficient (Wildman–Crippen LogP) is 0.0268. The molecule has 26 heavy (non-hydrogen) atoms. The van der Waals surface area contributed by atoms with Gasteiger partial charge in [-0.05, 0) is 5.53 Å². The fourth-order valence-corrected chi connectivity index (χ4v) is 2.44. The van der Waals surface area contributed by atoms with Crippen molar-refractivity contribution in [3.05, 3.63) is 43.5 Å². The first kappa shape index (κ1) is 19.9. The first-order valence-electron chi connectivity index (χ1n) is 7.21. The molecule has 1 fully saturated rings. The molecule has 1 aromatic rings. The third-order valence-corrected chi connectivity index (χ3v) is 3.46. The smallest absolute Gasteiger partial charge is 0.394 e. The normalized spacial score (nSPS) is 25.8. The maximum Gasteiger partial charge on any atom is 0.522 e. The van der Waals surface area contributed by atoms with Crippen molar-refractivity contribution in [3.63, 3.8) is 0 Å². The summed E-state index contributed by atoms with van der Waals surface area (Å²) in [7, 11) is 0. The Morgan fingerprint density at radius 2 is 2.15 bits per heavy atom. The topological polar surface area (TPSA) is 152 Å². The third kappa shape index (κ3) is 4.83. The molecular weight excluding hydrogens is 367 g/mol. The lowest BCUT2D eigenvalue weighted by Gasteiger charge is -2.22. The van der Waals surface area contributed by atoms with Crippen LogP contribution >= 0.6 is 0 Å². The zero-order chi connectivity index (χ0) is 19.3. The van der Waals surface area contributed by atoms with Crippen LogP contribution in [0, 0.1) is 0 Å². The van der Waals surface area contributed by atoms with E-state index in [0.29, 0.717) is 0 Å². The lowest BCUT2D eigenvalue weighted by atomic mass is 10.1. The first-order valence-corrected chi connectivity index (χ1v) is 7.21. The van der Waals surface area contributed by atoms with Gasteiger partial charge in [0.2, 0.25) is 0 Å². The van der Waals surface area contributed by atoms with Crippen LogP contribution in [0.25, 0.3) is 10.4 Å². The number of aliphatic hydroxyl groups is 1. The molecule has 1 aromatic heterocycles. The largest absolute Gasteiger partial charge is 0.522 e. The number of azide groups is 1. The average Bonchev–Trinajstić information content (AvgIpc) is 2.89. The Morgan fingerprint density at radius 1 is 1.42 bits per heavy atom. The van der Waals surface area contributed by atoms with Crippen molar-refractivity contribution in [1.82, 2.24) is 9.55 Å². The van der Waals surface area contributed by atoms with E-state index in [4.69, 9.17) is 15.0 Å². The van der Waals surface area contributed by atoms with Crippen molar-refractivity contribution >= 4 is 0 Å². The van der Waals surface area contributed by atoms with Crippen LogP contribution in [0.1, 0.15) is 6.23 Å². The number of aliphatic hydroxyl groups excluding tert-OH is 1. The number of alkyl halides is 3. The first-order chi connectivity index (χ1) is 12.3. The van der Waals surface area contributed by atoms with E-state index in [-0.39, 0.29) is 0 Å². The van der Waals surface area contributed by atoms with Crippen molar-refractivity contribution in [2.45, 2.75) is 30.8 Å². The molecule has 0 aliphatic carbocycles. The van der Waals surface area contributed by atoms with Crippen molar-refractivity contribution in [3.8, 4) is 0 Å². The number of ether oxygens (including phenoxy) is 3. The second kappa shape index (κ2) is 8.33. The summed E-state index contributed by atoms with van der Waals surface area (Å²) in [6, 6.07) is -0.108. The van der Waals surface area contributed by atoms with Crippen LogP contribution in [-0.2, 0) is 14.2 Å². The van der Waals surface area contributed by atoms with Gasteiger partial charge in [-0.2, -0.15) is 0 Å². The minimum absolute atomic E-state index is 0.558. The molecule has 0 aromatic carbocycles. The Hall–Kier alpha value is -2.38. The Kier molecular flexibility index (Phi) is 6.39. The Labute approximate surface area is 142 Å². The second-order valence-corrected chi connectivity index (χ2v) is 5.09. The van der Waals surface area contributed by atoms with Gasteiger partial charge >= 0.3 is 12.1 Å². The number of aromatic nitrogens is 2. The Bertz CT molecular complexity index is 774. The molecule has 2 N–H and O–H groups in total. The maximum atomic E-state index is 12.0. The molecule has 4 atom stereocenters. The Balaban J connectivity index is 2.24. The number of nitrogens with zero attached hydrogens (tertiary/aromatic N) is 4. The van der Waals surface area contributed by atoms with Crippen molar-refractivity contribution in [2.24, 2.45) is 5.11 Å². The molecule has 1 saturated heterocycles. The summed E-state index contributed by atoms with van der Waals surface area (Å²) in [5, 5.41) is 12.8. The zero-order valence-electron chi connectivity index (χ0n) is 13.0. The van der Waals surface area contributed by atoms with Crippen LogP contribution in [-0.4, -0.2) is 59.1 Å². The lowest BCUT2D eigenvalue weighted by molar-refractivity contribution is -0.327. The van der Waals surface area contributed by atoms with E-state index >= 15 is 0 Å². The zero-order valence-corrected chi connectivity index (χ0v) is 13.0. The number of halogens is 3. The van der Waals surface area contributed by atoms with Crippen molar-refractivity contribution in [1.29, 1.82) is 0 Å². The molecule has 0 unspecified atom stereocenters. The predicted molar refractivity (Wildman–Crippen MR) is 77.0 cm³/mol. The summed E-state index contributed by atoms with van der Waals surface area (Å²) < 4.78 is 51.3. The third-order valence-electron chi connectivity index (χ3n) is 3.46. The van der Waals surface area contributed by atoms with Gasteiger partial charge in [0.25, 0.3) is 5.56 Å². The summed E-state index contributed by atoms with van der Waals surface area (Å²) in [6.45, 7) is -2.00. The SMILES string of the molecule is [N-]=[N+]=N[C@H]1[C@@H](OCCOC(F)(F)F)[C@H](n2ccc(=O)[nH]c2=O)O[C@@H]1CO. The van der Waals surface area contributed by atoms with Gasteiger partial charge in [-0.1, -0.05) is 5.11 Å². The summed E-state index contributed by atoms with van der Waals surface area (Å²) in [5.41, 5.74) is 7.11. The monoisotopic (exact) mass is 381 g/mol. The molecular formula is C12H14F3N5O6. The number of hydrogen-bond donors (Lipinski definition) is 2. The van der Waals surface area contributed by atoms with Crippen molar-refractivity contribution in [2.75, 3.05) is 19.8 Å². The van der Waals surface area contributed by atoms with Crippen LogP contribution < -0.4 is 11.2 Å². The van der Waals surface area contributed by atoms with Crippen LogP contribution in [0.5, 0.6) is 0 Å². The van der Waals surface area contributed by atoms with E-state index in [1.807, 2.05) is 4.98 Å². The molecule has 0 saturated carbocycles.